The summed E-state index contributed by atoms with van der Waals surface area (Å²) in [7, 11) is 0. The molecule has 0 saturated carbocycles. The molecule has 0 amide bonds. The molecule has 2 aliphatic rings. The lowest BCUT2D eigenvalue weighted by Gasteiger charge is -2.48. The summed E-state index contributed by atoms with van der Waals surface area (Å²) in [5.41, 5.74) is 0.732. The molecule has 0 radical (unpaired) electrons. The molecule has 1 spiro atoms. The summed E-state index contributed by atoms with van der Waals surface area (Å²) in [4.78, 5) is 6.07. The van der Waals surface area contributed by atoms with Crippen molar-refractivity contribution in [2.24, 2.45) is 0 Å². The van der Waals surface area contributed by atoms with Crippen molar-refractivity contribution >= 4 is 17.4 Å². The Morgan fingerprint density at radius 3 is 2.65 bits per heavy atom. The average Bonchev–Trinajstić information content (AvgIpc) is 2.63. The number of pyridine rings is 1. The minimum absolute atomic E-state index is 0.100. The number of hydrogen-bond acceptors (Lipinski definition) is 4. The molecule has 2 saturated heterocycles. The molecule has 2 fully saturated rings. The second-order valence-corrected chi connectivity index (χ2v) is 7.68. The van der Waals surface area contributed by atoms with Crippen LogP contribution in [0.15, 0.2) is 42.6 Å². The first-order chi connectivity index (χ1) is 12.5. The van der Waals surface area contributed by atoms with Crippen LogP contribution in [0.5, 0.6) is 0 Å². The Labute approximate surface area is 157 Å². The second-order valence-electron chi connectivity index (χ2n) is 7.24. The molecule has 0 unspecified atom stereocenters. The maximum Gasteiger partial charge on any atom is 0.167 e. The van der Waals surface area contributed by atoms with Crippen molar-refractivity contribution in [2.75, 3.05) is 18.0 Å². The summed E-state index contributed by atoms with van der Waals surface area (Å²) >= 11 is 5.79. The van der Waals surface area contributed by atoms with Gasteiger partial charge in [-0.1, -0.05) is 41.9 Å². The van der Waals surface area contributed by atoms with Crippen LogP contribution in [0.1, 0.15) is 37.4 Å². The Bertz CT molecular complexity index is 766. The Kier molecular flexibility index (Phi) is 4.86. The number of anilines is 1. The molecule has 6 heteroatoms. The van der Waals surface area contributed by atoms with Crippen LogP contribution in [0.3, 0.4) is 0 Å². The smallest absolute Gasteiger partial charge is 0.167 e. The predicted octanol–water partition coefficient (Wildman–Crippen LogP) is 4.13. The lowest BCUT2D eigenvalue weighted by molar-refractivity contribution is -0.173. The van der Waals surface area contributed by atoms with Gasteiger partial charge in [0.1, 0.15) is 0 Å². The Morgan fingerprint density at radius 1 is 1.23 bits per heavy atom. The molecule has 1 aromatic carbocycles. The zero-order chi connectivity index (χ0) is 18.1. The normalized spacial score (nSPS) is 25.4. The third-order valence-corrected chi connectivity index (χ3v) is 5.63. The van der Waals surface area contributed by atoms with Gasteiger partial charge in [0, 0.05) is 32.1 Å². The third kappa shape index (κ3) is 3.56. The minimum Gasteiger partial charge on any atom is -0.393 e. The number of aliphatic hydroxyl groups excluding tert-OH is 1. The quantitative estimate of drug-likeness (QED) is 0.856. The lowest BCUT2D eigenvalue weighted by Crippen LogP contribution is -2.51. The van der Waals surface area contributed by atoms with Gasteiger partial charge in [-0.2, -0.15) is 0 Å². The molecule has 0 bridgehead atoms. The molecule has 4 nitrogen and oxygen atoms in total. The van der Waals surface area contributed by atoms with Gasteiger partial charge in [0.25, 0.3) is 0 Å². The van der Waals surface area contributed by atoms with Crippen molar-refractivity contribution in [3.05, 3.63) is 59.0 Å². The van der Waals surface area contributed by atoms with Gasteiger partial charge in [-0.15, -0.1) is 0 Å². The Balaban J connectivity index is 1.48. The first kappa shape index (κ1) is 17.7. The zero-order valence-electron chi connectivity index (χ0n) is 14.4. The van der Waals surface area contributed by atoms with Crippen LogP contribution in [0.25, 0.3) is 0 Å². The van der Waals surface area contributed by atoms with E-state index in [0.717, 1.165) is 18.4 Å². The minimum atomic E-state index is -0.403. The van der Waals surface area contributed by atoms with Gasteiger partial charge in [-0.25, -0.2) is 9.37 Å². The fourth-order valence-electron chi connectivity index (χ4n) is 4.12. The molecule has 1 aromatic heterocycles. The van der Waals surface area contributed by atoms with E-state index in [9.17, 15) is 9.50 Å². The third-order valence-electron chi connectivity index (χ3n) is 5.42. The highest BCUT2D eigenvalue weighted by atomic mass is 35.5. The fraction of sp³-hybridized carbons (Fsp3) is 0.450. The highest BCUT2D eigenvalue weighted by Crippen LogP contribution is 2.43. The maximum absolute atomic E-state index is 14.2. The molecule has 2 aromatic rings. The van der Waals surface area contributed by atoms with Gasteiger partial charge >= 0.3 is 0 Å². The van der Waals surface area contributed by atoms with Crippen molar-refractivity contribution in [1.29, 1.82) is 0 Å². The van der Waals surface area contributed by atoms with Gasteiger partial charge in [0.05, 0.1) is 22.8 Å². The number of rotatable bonds is 2. The van der Waals surface area contributed by atoms with Crippen LogP contribution in [0, 0.1) is 5.82 Å². The maximum atomic E-state index is 14.2. The van der Waals surface area contributed by atoms with E-state index in [1.807, 2.05) is 35.2 Å². The first-order valence-corrected chi connectivity index (χ1v) is 9.39. The summed E-state index contributed by atoms with van der Waals surface area (Å²) in [6.07, 6.45) is 3.69. The molecule has 26 heavy (non-hydrogen) atoms. The van der Waals surface area contributed by atoms with E-state index in [0.29, 0.717) is 36.8 Å². The van der Waals surface area contributed by atoms with Crippen molar-refractivity contribution < 1.29 is 14.2 Å². The number of hydrogen-bond donors (Lipinski definition) is 1. The van der Waals surface area contributed by atoms with Gasteiger partial charge in [-0.05, 0) is 24.5 Å². The van der Waals surface area contributed by atoms with E-state index < -0.39 is 5.82 Å². The van der Waals surface area contributed by atoms with E-state index in [1.165, 1.54) is 12.3 Å². The Morgan fingerprint density at radius 2 is 1.96 bits per heavy atom. The average molecular weight is 377 g/mol. The topological polar surface area (TPSA) is 45.6 Å². The first-order valence-electron chi connectivity index (χ1n) is 9.01. The Hall–Kier alpha value is -1.69. The zero-order valence-corrected chi connectivity index (χ0v) is 15.2. The van der Waals surface area contributed by atoms with E-state index in [-0.39, 0.29) is 17.8 Å². The predicted molar refractivity (Wildman–Crippen MR) is 98.9 cm³/mol. The molecule has 4 rings (SSSR count). The largest absolute Gasteiger partial charge is 0.393 e. The molecular formula is C20H22ClFN2O2. The highest BCUT2D eigenvalue weighted by molar-refractivity contribution is 6.30. The van der Waals surface area contributed by atoms with E-state index >= 15 is 0 Å². The van der Waals surface area contributed by atoms with Gasteiger partial charge in [0.15, 0.2) is 11.6 Å². The van der Waals surface area contributed by atoms with Crippen LogP contribution in [0.2, 0.25) is 5.02 Å². The van der Waals surface area contributed by atoms with E-state index in [4.69, 9.17) is 16.3 Å². The molecule has 1 N–H and O–H groups in total. The number of benzene rings is 1. The molecular weight excluding hydrogens is 355 g/mol. The number of aromatic nitrogens is 1. The monoisotopic (exact) mass is 376 g/mol. The molecule has 138 valence electrons. The summed E-state index contributed by atoms with van der Waals surface area (Å²) in [5.74, 6) is -0.0690. The number of halogens is 2. The van der Waals surface area contributed by atoms with Gasteiger partial charge in [-0.3, -0.25) is 0 Å². The summed E-state index contributed by atoms with van der Waals surface area (Å²) in [6, 6.07) is 11.3. The summed E-state index contributed by atoms with van der Waals surface area (Å²) in [5, 5.41) is 10.7. The van der Waals surface area contributed by atoms with E-state index in [1.54, 1.807) is 0 Å². The molecule has 2 aliphatic heterocycles. The van der Waals surface area contributed by atoms with Crippen LogP contribution in [-0.2, 0) is 4.74 Å². The van der Waals surface area contributed by atoms with Gasteiger partial charge < -0.3 is 14.7 Å². The highest BCUT2D eigenvalue weighted by Gasteiger charge is 2.44. The molecule has 0 aliphatic carbocycles. The van der Waals surface area contributed by atoms with Crippen LogP contribution in [0.4, 0.5) is 10.2 Å². The number of piperidine rings is 1. The van der Waals surface area contributed by atoms with Gasteiger partial charge in [0.2, 0.25) is 0 Å². The van der Waals surface area contributed by atoms with Crippen LogP contribution in [-0.4, -0.2) is 34.9 Å². The van der Waals surface area contributed by atoms with Crippen molar-refractivity contribution in [1.82, 2.24) is 4.98 Å². The van der Waals surface area contributed by atoms with Crippen molar-refractivity contribution in [3.63, 3.8) is 0 Å². The molecule has 2 atom stereocenters. The molecule has 3 heterocycles. The number of aliphatic hydroxyl groups is 1. The van der Waals surface area contributed by atoms with Crippen molar-refractivity contribution in [2.45, 2.75) is 43.5 Å². The number of nitrogens with zero attached hydrogens (tertiary/aromatic N) is 2. The second kappa shape index (κ2) is 7.14. The fourth-order valence-corrected chi connectivity index (χ4v) is 4.26. The SMILES string of the molecule is O[C@@H]1C[C@H](c2ccccc2)OC2(CCN(c3ncc(Cl)cc3F)CC2)C1. The van der Waals surface area contributed by atoms with E-state index in [2.05, 4.69) is 4.98 Å². The van der Waals surface area contributed by atoms with Crippen molar-refractivity contribution in [3.8, 4) is 0 Å². The summed E-state index contributed by atoms with van der Waals surface area (Å²) < 4.78 is 20.6. The van der Waals surface area contributed by atoms with Crippen LogP contribution < -0.4 is 4.90 Å². The van der Waals surface area contributed by atoms with Crippen LogP contribution >= 0.6 is 11.6 Å². The number of ether oxygens (including phenoxy) is 1. The standard InChI is InChI=1S/C20H22ClFN2O2/c21-15-10-17(22)19(23-13-15)24-8-6-20(7-9-24)12-16(25)11-18(26-20)14-4-2-1-3-5-14/h1-5,10,13,16,18,25H,6-9,11-12H2/t16-,18-/m1/s1. The summed E-state index contributed by atoms with van der Waals surface area (Å²) in [6.45, 7) is 1.28. The lowest BCUT2D eigenvalue weighted by atomic mass is 9.81.